The number of para-hydroxylation sites is 2. The molecule has 2 saturated heterocycles. The van der Waals surface area contributed by atoms with Gasteiger partial charge < -0.3 is 10.2 Å². The maximum Gasteiger partial charge on any atom is 0.261 e. The van der Waals surface area contributed by atoms with E-state index in [0.29, 0.717) is 6.42 Å². The van der Waals surface area contributed by atoms with Gasteiger partial charge in [-0.25, -0.2) is 0 Å². The molecule has 36 heavy (non-hydrogen) atoms. The highest BCUT2D eigenvalue weighted by molar-refractivity contribution is 8.77. The van der Waals surface area contributed by atoms with Gasteiger partial charge in [0.2, 0.25) is 0 Å². The van der Waals surface area contributed by atoms with Crippen molar-refractivity contribution in [2.24, 2.45) is 0 Å². The van der Waals surface area contributed by atoms with Gasteiger partial charge in [0.05, 0.1) is 10.9 Å². The van der Waals surface area contributed by atoms with E-state index in [1.807, 2.05) is 23.5 Å². The van der Waals surface area contributed by atoms with Crippen LogP contribution in [0.15, 0.2) is 54.7 Å². The molecule has 2 amide bonds. The van der Waals surface area contributed by atoms with Crippen LogP contribution >= 0.6 is 55.1 Å². The third-order valence-electron chi connectivity index (χ3n) is 7.55. The lowest BCUT2D eigenvalue weighted by molar-refractivity contribution is -0.157. The molecule has 11 heteroatoms. The molecule has 2 aromatic carbocycles. The number of carbonyl (C=O) groups is 2. The Morgan fingerprint density at radius 2 is 1.72 bits per heavy atom. The lowest BCUT2D eigenvalue weighted by Crippen LogP contribution is -2.68. The number of carbonyl (C=O) groups excluding carboxylic acids is 2. The number of nitrogens with zero attached hydrogens (tertiary/aromatic N) is 3. The van der Waals surface area contributed by atoms with E-state index in [1.54, 1.807) is 34.7 Å². The molecule has 2 fully saturated rings. The summed E-state index contributed by atoms with van der Waals surface area (Å²) >= 11 is 1.66. The zero-order valence-corrected chi connectivity index (χ0v) is 24.3. The minimum atomic E-state index is -1.01. The molecule has 0 bridgehead atoms. The van der Waals surface area contributed by atoms with Crippen LogP contribution in [0.2, 0.25) is 0 Å². The molecule has 0 aliphatic carbocycles. The maximum atomic E-state index is 14.3. The van der Waals surface area contributed by atoms with E-state index >= 15 is 0 Å². The third kappa shape index (κ3) is 3.12. The smallest absolute Gasteiger partial charge is 0.261 e. The van der Waals surface area contributed by atoms with Crippen molar-refractivity contribution in [1.29, 1.82) is 0 Å². The second kappa shape index (κ2) is 9.04. The van der Waals surface area contributed by atoms with E-state index in [0.717, 1.165) is 27.7 Å². The van der Waals surface area contributed by atoms with Crippen LogP contribution in [0.5, 0.6) is 0 Å². The van der Waals surface area contributed by atoms with Crippen LogP contribution in [-0.4, -0.2) is 67.8 Å². The minimum Gasteiger partial charge on any atom is -0.364 e. The molecular formula is C25H26N4O2S5. The third-order valence-corrected chi connectivity index (χ3v) is 12.5. The number of anilines is 1. The van der Waals surface area contributed by atoms with Crippen LogP contribution < -0.4 is 5.32 Å². The topological polar surface area (TPSA) is 57.6 Å². The number of nitrogens with one attached hydrogen (secondary N) is 1. The summed E-state index contributed by atoms with van der Waals surface area (Å²) in [5, 5.41) is 4.32. The molecule has 3 aliphatic heterocycles. The first-order valence-corrected chi connectivity index (χ1v) is 17.8. The van der Waals surface area contributed by atoms with Crippen molar-refractivity contribution in [3.63, 3.8) is 0 Å². The van der Waals surface area contributed by atoms with Crippen molar-refractivity contribution in [3.05, 3.63) is 65.9 Å². The fraction of sp³-hybridized carbons (Fsp3) is 0.360. The maximum absolute atomic E-state index is 14.3. The summed E-state index contributed by atoms with van der Waals surface area (Å²) in [6.07, 6.45) is 8.36. The van der Waals surface area contributed by atoms with Gasteiger partial charge in [-0.3, -0.25) is 18.5 Å². The molecular weight excluding hydrogens is 549 g/mol. The fourth-order valence-electron chi connectivity index (χ4n) is 6.20. The number of aromatic nitrogens is 1. The molecule has 3 aliphatic rings. The van der Waals surface area contributed by atoms with Crippen molar-refractivity contribution in [3.8, 4) is 0 Å². The summed E-state index contributed by atoms with van der Waals surface area (Å²) in [6.45, 7) is 0. The van der Waals surface area contributed by atoms with Gasteiger partial charge in [0.15, 0.2) is 10.2 Å². The van der Waals surface area contributed by atoms with E-state index in [1.165, 1.54) is 32.4 Å². The Balaban J connectivity index is 1.66. The summed E-state index contributed by atoms with van der Waals surface area (Å²) in [5.74, 6) is -0.0200. The molecule has 0 spiro atoms. The molecule has 4 atom stereocenters. The largest absolute Gasteiger partial charge is 0.364 e. The lowest BCUT2D eigenvalue weighted by Gasteiger charge is -2.48. The highest BCUT2D eigenvalue weighted by Gasteiger charge is 2.72. The lowest BCUT2D eigenvalue weighted by atomic mass is 9.72. The van der Waals surface area contributed by atoms with Gasteiger partial charge in [-0.05, 0) is 47.7 Å². The highest BCUT2D eigenvalue weighted by atomic mass is 33.1. The molecule has 0 unspecified atom stereocenters. The van der Waals surface area contributed by atoms with Crippen molar-refractivity contribution in [2.45, 2.75) is 28.2 Å². The van der Waals surface area contributed by atoms with E-state index in [9.17, 15) is 9.59 Å². The number of hydrogen-bond acceptors (Lipinski definition) is 8. The summed E-state index contributed by atoms with van der Waals surface area (Å²) in [6, 6.07) is 16.8. The van der Waals surface area contributed by atoms with Gasteiger partial charge in [0, 0.05) is 37.0 Å². The first kappa shape index (κ1) is 24.8. The Morgan fingerprint density at radius 1 is 0.972 bits per heavy atom. The van der Waals surface area contributed by atoms with Crippen LogP contribution in [0.4, 0.5) is 5.69 Å². The van der Waals surface area contributed by atoms with Crippen LogP contribution in [0.25, 0.3) is 10.9 Å². The first-order valence-electron chi connectivity index (χ1n) is 11.5. The van der Waals surface area contributed by atoms with Gasteiger partial charge in [0.25, 0.3) is 11.8 Å². The van der Waals surface area contributed by atoms with E-state index in [4.69, 9.17) is 0 Å². The number of benzene rings is 2. The van der Waals surface area contributed by atoms with Crippen molar-refractivity contribution in [2.75, 3.05) is 31.1 Å². The van der Waals surface area contributed by atoms with Crippen molar-refractivity contribution < 1.29 is 9.59 Å². The van der Waals surface area contributed by atoms with Gasteiger partial charge in [-0.15, -0.1) is 0 Å². The van der Waals surface area contributed by atoms with E-state index in [-0.39, 0.29) is 18.0 Å². The summed E-state index contributed by atoms with van der Waals surface area (Å²) in [7, 11) is 7.79. The van der Waals surface area contributed by atoms with Gasteiger partial charge in [-0.1, -0.05) is 79.6 Å². The molecule has 4 heterocycles. The molecule has 6 nitrogen and oxygen atoms in total. The standard InChI is InChI=1S/C25H26N4O2S5/c1-27-21(35-33-3)20(30)29-22-24(14-25(29,23(27)31)36-34-4,16-10-6-7-11-18(16)26-22)17-13-28(32-2)19-12-8-5-9-15(17)19/h5-13,21-22,26H,14H2,1-4H3/t21-,22+,24+,25-/m0/s1. The first-order chi connectivity index (χ1) is 17.4. The Labute approximate surface area is 231 Å². The molecule has 0 saturated carbocycles. The highest BCUT2D eigenvalue weighted by Crippen LogP contribution is 2.64. The van der Waals surface area contributed by atoms with Gasteiger partial charge in [0.1, 0.15) is 6.17 Å². The Kier molecular flexibility index (Phi) is 6.23. The van der Waals surface area contributed by atoms with Crippen LogP contribution in [-0.2, 0) is 15.0 Å². The summed E-state index contributed by atoms with van der Waals surface area (Å²) < 4.78 is 2.20. The normalized spacial score (nSPS) is 28.9. The number of rotatable bonds is 6. The van der Waals surface area contributed by atoms with Crippen molar-refractivity contribution >= 4 is 83.5 Å². The molecule has 1 aromatic heterocycles. The number of amides is 2. The Bertz CT molecular complexity index is 1380. The zero-order valence-electron chi connectivity index (χ0n) is 20.3. The second-order valence-corrected chi connectivity index (χ2v) is 15.1. The predicted octanol–water partition coefficient (Wildman–Crippen LogP) is 5.55. The molecule has 3 aromatic rings. The predicted molar refractivity (Wildman–Crippen MR) is 158 cm³/mol. The minimum absolute atomic E-state index is 0.00494. The number of fused-ring (bicyclic) bond motifs is 6. The number of hydrogen-bond donors (Lipinski definition) is 1. The number of likely N-dealkylation sites (N-methyl/N-ethyl adjacent to an activating group) is 1. The molecule has 6 rings (SSSR count). The second-order valence-electron chi connectivity index (χ2n) is 9.08. The monoisotopic (exact) mass is 574 g/mol. The molecule has 188 valence electrons. The SMILES string of the molecule is CSS[C@H]1C(=O)N2[C@H]3Nc4ccccc4[C@@]3(c3cn(SC)c4ccccc34)C[C@]2(SSC)C(=O)N1C. The molecule has 1 N–H and O–H groups in total. The van der Waals surface area contributed by atoms with Crippen LogP contribution in [0.1, 0.15) is 17.5 Å². The molecule has 0 radical (unpaired) electrons. The summed E-state index contributed by atoms with van der Waals surface area (Å²) in [5.41, 5.74) is 3.89. The van der Waals surface area contributed by atoms with Crippen molar-refractivity contribution in [1.82, 2.24) is 13.8 Å². The zero-order chi connectivity index (χ0) is 25.2. The quantitative estimate of drug-likeness (QED) is 0.385. The van der Waals surface area contributed by atoms with Gasteiger partial charge >= 0.3 is 0 Å². The van der Waals surface area contributed by atoms with Crippen LogP contribution in [0.3, 0.4) is 0 Å². The summed E-state index contributed by atoms with van der Waals surface area (Å²) in [4.78, 5) is 31.0. The van der Waals surface area contributed by atoms with Crippen LogP contribution in [0, 0.1) is 0 Å². The Hall–Kier alpha value is -1.53. The average molecular weight is 575 g/mol. The number of piperazine rings is 1. The van der Waals surface area contributed by atoms with E-state index in [2.05, 4.69) is 64.2 Å². The Morgan fingerprint density at radius 3 is 2.47 bits per heavy atom. The van der Waals surface area contributed by atoms with E-state index < -0.39 is 15.7 Å². The fourth-order valence-corrected chi connectivity index (χ4v) is 11.1. The average Bonchev–Trinajstić information content (AvgIpc) is 3.51. The van der Waals surface area contributed by atoms with Gasteiger partial charge in [-0.2, -0.15) is 0 Å².